The monoisotopic (exact) mass is 593 g/mol. The molecule has 3 aromatic carbocycles. The van der Waals surface area contributed by atoms with E-state index in [2.05, 4.69) is 30.2 Å². The molecule has 0 saturated heterocycles. The summed E-state index contributed by atoms with van der Waals surface area (Å²) in [4.78, 5) is -0.393. The van der Waals surface area contributed by atoms with Crippen LogP contribution in [0.15, 0.2) is 63.8 Å². The molecule has 0 aliphatic heterocycles. The highest BCUT2D eigenvalue weighted by Gasteiger charge is 2.28. The third-order valence-electron chi connectivity index (χ3n) is 6.27. The summed E-state index contributed by atoms with van der Waals surface area (Å²) in [5.74, 6) is -0.540. The highest BCUT2D eigenvalue weighted by atomic mass is 32.2. The average Bonchev–Trinajstić information content (AvgIpc) is 3.36. The molecule has 0 fully saturated rings. The molecule has 16 heteroatoms. The van der Waals surface area contributed by atoms with Gasteiger partial charge in [-0.2, -0.15) is 19.8 Å². The van der Waals surface area contributed by atoms with Gasteiger partial charge in [-0.15, -0.1) is 15.3 Å². The second kappa shape index (κ2) is 10.4. The highest BCUT2D eigenvalue weighted by molar-refractivity contribution is 7.92. The van der Waals surface area contributed by atoms with Crippen molar-refractivity contribution in [2.75, 3.05) is 24.1 Å². The Morgan fingerprint density at radius 2 is 1.83 bits per heavy atom. The molecule has 2 heterocycles. The number of phenolic OH excluding ortho intramolecular Hbond substituents is 1. The summed E-state index contributed by atoms with van der Waals surface area (Å²) in [5.41, 5.74) is 1.88. The fourth-order valence-corrected chi connectivity index (χ4v) is 6.56. The molecule has 5 aromatic rings. The Balaban J connectivity index is 1.74. The van der Waals surface area contributed by atoms with E-state index in [9.17, 15) is 27.2 Å². The zero-order valence-electron chi connectivity index (χ0n) is 22.0. The summed E-state index contributed by atoms with van der Waals surface area (Å²) >= 11 is 0. The molecule has 2 N–H and O–H groups in total. The van der Waals surface area contributed by atoms with E-state index in [1.807, 2.05) is 6.07 Å². The van der Waals surface area contributed by atoms with Crippen LogP contribution < -0.4 is 4.72 Å². The number of nitriles is 1. The van der Waals surface area contributed by atoms with Gasteiger partial charge < -0.3 is 5.11 Å². The summed E-state index contributed by atoms with van der Waals surface area (Å²) in [7, 11) is -7.89. The van der Waals surface area contributed by atoms with Gasteiger partial charge in [0.25, 0.3) is 0 Å². The summed E-state index contributed by atoms with van der Waals surface area (Å²) in [5, 5.41) is 41.6. The molecule has 210 valence electrons. The predicted molar refractivity (Wildman–Crippen MR) is 151 cm³/mol. The number of aromatic nitrogens is 4. The topological polar surface area (TPSA) is 195 Å². The number of nitrogens with one attached hydrogen (secondary N) is 1. The summed E-state index contributed by atoms with van der Waals surface area (Å²) in [6.45, 7) is 3.68. The number of anilines is 1. The van der Waals surface area contributed by atoms with Crippen molar-refractivity contribution in [2.45, 2.75) is 18.7 Å². The van der Waals surface area contributed by atoms with Crippen LogP contribution in [0.5, 0.6) is 5.75 Å². The first-order chi connectivity index (χ1) is 19.5. The van der Waals surface area contributed by atoms with Crippen molar-refractivity contribution >= 4 is 64.6 Å². The van der Waals surface area contributed by atoms with Crippen LogP contribution in [0.1, 0.15) is 19.4 Å². The maximum atomic E-state index is 13.4. The zero-order chi connectivity index (χ0) is 29.5. The van der Waals surface area contributed by atoms with Crippen molar-refractivity contribution < 1.29 is 21.9 Å². The smallest absolute Gasteiger partial charge is 0.246 e. The molecule has 0 aliphatic carbocycles. The van der Waals surface area contributed by atoms with Crippen LogP contribution in [-0.2, 0) is 20.0 Å². The number of azo groups is 1. The number of hydrogen-bond acceptors (Lipinski definition) is 11. The Morgan fingerprint density at radius 1 is 1.07 bits per heavy atom. The quantitative estimate of drug-likeness (QED) is 0.251. The van der Waals surface area contributed by atoms with Gasteiger partial charge in [0.15, 0.2) is 5.65 Å². The third-order valence-corrected chi connectivity index (χ3v) is 8.93. The van der Waals surface area contributed by atoms with Crippen LogP contribution in [0, 0.1) is 11.3 Å². The standard InChI is InChI=1S/C25H23N9O5S2/c1-4-33(5-2)41(38,39)22-12-20(23-17(24(22)35)7-6-8-19(23)32-40(3,36)37)30-28-16-9-10-18-21(11-16)34-25(31-29-18)15(13-26)14-27-34/h6-12,14,32,35H,4-5H2,1-3H3. The molecule has 0 saturated carbocycles. The molecular formula is C25H23N9O5S2. The van der Waals surface area contributed by atoms with Gasteiger partial charge in [0, 0.05) is 23.9 Å². The van der Waals surface area contributed by atoms with Gasteiger partial charge in [0.1, 0.15) is 27.8 Å². The van der Waals surface area contributed by atoms with E-state index in [0.29, 0.717) is 16.7 Å². The van der Waals surface area contributed by atoms with E-state index in [-0.39, 0.29) is 46.4 Å². The van der Waals surface area contributed by atoms with Crippen LogP contribution in [0.25, 0.3) is 27.5 Å². The number of phenols is 1. The Bertz CT molecular complexity index is 2130. The van der Waals surface area contributed by atoms with Gasteiger partial charge in [0.2, 0.25) is 20.0 Å². The Morgan fingerprint density at radius 3 is 2.51 bits per heavy atom. The van der Waals surface area contributed by atoms with E-state index < -0.39 is 30.7 Å². The Labute approximate surface area is 234 Å². The van der Waals surface area contributed by atoms with Crippen LogP contribution in [0.3, 0.4) is 0 Å². The molecule has 5 rings (SSSR count). The first-order valence-electron chi connectivity index (χ1n) is 12.2. The van der Waals surface area contributed by atoms with Crippen molar-refractivity contribution in [1.82, 2.24) is 24.1 Å². The predicted octanol–water partition coefficient (Wildman–Crippen LogP) is 3.83. The SMILES string of the molecule is CCN(CC)S(=O)(=O)c1cc(N=Nc2ccc3nnc4c(C#N)cnn4c3c2)c2c(NS(C)(=O)=O)cccc2c1O. The minimum absolute atomic E-state index is 0.000709. The number of aromatic hydroxyl groups is 1. The lowest BCUT2D eigenvalue weighted by Crippen LogP contribution is -2.30. The fraction of sp³-hybridized carbons (Fsp3) is 0.200. The maximum Gasteiger partial charge on any atom is 0.246 e. The van der Waals surface area contributed by atoms with Gasteiger partial charge in [-0.05, 0) is 30.3 Å². The van der Waals surface area contributed by atoms with Crippen LogP contribution in [0.2, 0.25) is 0 Å². The van der Waals surface area contributed by atoms with Crippen LogP contribution in [-0.4, -0.2) is 65.4 Å². The van der Waals surface area contributed by atoms with Crippen LogP contribution in [0.4, 0.5) is 17.1 Å². The molecule has 14 nitrogen and oxygen atoms in total. The van der Waals surface area contributed by atoms with Gasteiger partial charge in [-0.3, -0.25) is 4.72 Å². The Kier molecular flexibility index (Phi) is 7.03. The third kappa shape index (κ3) is 5.01. The highest BCUT2D eigenvalue weighted by Crippen LogP contribution is 2.43. The van der Waals surface area contributed by atoms with Gasteiger partial charge >= 0.3 is 0 Å². The molecule has 0 radical (unpaired) electrons. The van der Waals surface area contributed by atoms with Crippen molar-refractivity contribution in [3.63, 3.8) is 0 Å². The number of sulfonamides is 2. The van der Waals surface area contributed by atoms with Crippen molar-refractivity contribution in [1.29, 1.82) is 5.26 Å². The fourth-order valence-electron chi connectivity index (χ4n) is 4.42. The molecule has 0 spiro atoms. The minimum atomic E-state index is -4.14. The van der Waals surface area contributed by atoms with E-state index >= 15 is 0 Å². The minimum Gasteiger partial charge on any atom is -0.506 e. The first-order valence-corrected chi connectivity index (χ1v) is 15.5. The lowest BCUT2D eigenvalue weighted by atomic mass is 10.1. The second-order valence-electron chi connectivity index (χ2n) is 8.91. The largest absolute Gasteiger partial charge is 0.506 e. The molecule has 0 bridgehead atoms. The summed E-state index contributed by atoms with van der Waals surface area (Å²) in [6, 6.07) is 12.4. The lowest BCUT2D eigenvalue weighted by Gasteiger charge is -2.20. The molecule has 0 atom stereocenters. The molecular weight excluding hydrogens is 570 g/mol. The number of fused-ring (bicyclic) bond motifs is 4. The number of benzene rings is 3. The van der Waals surface area contributed by atoms with Gasteiger partial charge in [0.05, 0.1) is 35.0 Å². The average molecular weight is 594 g/mol. The molecule has 41 heavy (non-hydrogen) atoms. The molecule has 0 unspecified atom stereocenters. The van der Waals surface area contributed by atoms with Crippen molar-refractivity contribution in [2.24, 2.45) is 10.2 Å². The number of rotatable bonds is 8. The second-order valence-corrected chi connectivity index (χ2v) is 12.6. The summed E-state index contributed by atoms with van der Waals surface area (Å²) < 4.78 is 56.1. The molecule has 2 aromatic heterocycles. The van der Waals surface area contributed by atoms with E-state index in [1.54, 1.807) is 32.0 Å². The molecule has 0 amide bonds. The van der Waals surface area contributed by atoms with E-state index in [0.717, 1.165) is 6.26 Å². The number of hydrogen-bond donors (Lipinski definition) is 2. The number of nitrogens with zero attached hydrogens (tertiary/aromatic N) is 8. The van der Waals surface area contributed by atoms with Crippen LogP contribution >= 0.6 is 0 Å². The maximum absolute atomic E-state index is 13.4. The van der Waals surface area contributed by atoms with Gasteiger partial charge in [-0.1, -0.05) is 26.0 Å². The Hall–Kier alpha value is -4.72. The van der Waals surface area contributed by atoms with E-state index in [1.165, 1.54) is 39.3 Å². The normalized spacial score (nSPS) is 12.6. The summed E-state index contributed by atoms with van der Waals surface area (Å²) in [6.07, 6.45) is 2.34. The van der Waals surface area contributed by atoms with Gasteiger partial charge in [-0.25, -0.2) is 21.4 Å². The van der Waals surface area contributed by atoms with Crippen molar-refractivity contribution in [3.05, 3.63) is 54.2 Å². The zero-order valence-corrected chi connectivity index (χ0v) is 23.6. The van der Waals surface area contributed by atoms with E-state index in [4.69, 9.17) is 0 Å². The first kappa shape index (κ1) is 27.8. The molecule has 0 aliphatic rings. The van der Waals surface area contributed by atoms with Crippen molar-refractivity contribution in [3.8, 4) is 11.8 Å². The lowest BCUT2D eigenvalue weighted by molar-refractivity contribution is 0.431.